The van der Waals surface area contributed by atoms with Gasteiger partial charge in [0.1, 0.15) is 5.78 Å². The van der Waals surface area contributed by atoms with Crippen LogP contribution in [0.2, 0.25) is 0 Å². The molecule has 0 radical (unpaired) electrons. The zero-order chi connectivity index (χ0) is 16.7. The van der Waals surface area contributed by atoms with E-state index in [0.717, 1.165) is 32.1 Å². The minimum Gasteiger partial charge on any atom is -0.363 e. The van der Waals surface area contributed by atoms with Gasteiger partial charge in [0.05, 0.1) is 22.4 Å². The largest absolute Gasteiger partial charge is 0.363 e. The molecule has 23 heavy (non-hydrogen) atoms. The summed E-state index contributed by atoms with van der Waals surface area (Å²) in [5.41, 5.74) is 0.351. The summed E-state index contributed by atoms with van der Waals surface area (Å²) in [6.45, 7) is 10.8. The number of ketones is 1. The van der Waals surface area contributed by atoms with Crippen LogP contribution in [0.5, 0.6) is 0 Å². The van der Waals surface area contributed by atoms with Crippen molar-refractivity contribution in [2.45, 2.75) is 102 Å². The van der Waals surface area contributed by atoms with Crippen LogP contribution >= 0.6 is 0 Å². The summed E-state index contributed by atoms with van der Waals surface area (Å²) in [6, 6.07) is 0. The van der Waals surface area contributed by atoms with Gasteiger partial charge in [-0.1, -0.05) is 0 Å². The first-order valence-corrected chi connectivity index (χ1v) is 9.50. The van der Waals surface area contributed by atoms with E-state index in [4.69, 9.17) is 9.47 Å². The van der Waals surface area contributed by atoms with Crippen LogP contribution in [-0.2, 0) is 14.3 Å². The van der Waals surface area contributed by atoms with E-state index in [-0.39, 0.29) is 22.4 Å². The standard InChI is InChI=1S/C20H32O3/c1-13(21)10-16(14-6-8-17(2)19(4,11-14)22-17)15-7-9-18(3)20(5,12-15)23-18/h14-16H,6-12H2,1-5H3. The van der Waals surface area contributed by atoms with E-state index in [2.05, 4.69) is 27.7 Å². The van der Waals surface area contributed by atoms with Crippen LogP contribution in [0.25, 0.3) is 0 Å². The third-order valence-electron chi connectivity index (χ3n) is 8.08. The average molecular weight is 320 g/mol. The molecule has 130 valence electrons. The van der Waals surface area contributed by atoms with Gasteiger partial charge in [0, 0.05) is 6.42 Å². The fraction of sp³-hybridized carbons (Fsp3) is 0.950. The Morgan fingerprint density at radius 1 is 0.913 bits per heavy atom. The van der Waals surface area contributed by atoms with Crippen molar-refractivity contribution in [3.63, 3.8) is 0 Å². The van der Waals surface area contributed by atoms with Crippen molar-refractivity contribution < 1.29 is 14.3 Å². The lowest BCUT2D eigenvalue weighted by atomic mass is 9.62. The molecule has 3 nitrogen and oxygen atoms in total. The second-order valence-electron chi connectivity index (χ2n) is 9.70. The van der Waals surface area contributed by atoms with Gasteiger partial charge >= 0.3 is 0 Å². The van der Waals surface area contributed by atoms with E-state index in [0.29, 0.717) is 23.5 Å². The highest BCUT2D eigenvalue weighted by molar-refractivity contribution is 5.75. The van der Waals surface area contributed by atoms with E-state index >= 15 is 0 Å². The number of hydrogen-bond acceptors (Lipinski definition) is 3. The predicted octanol–water partition coefficient (Wildman–Crippen LogP) is 4.28. The fourth-order valence-corrected chi connectivity index (χ4v) is 6.00. The van der Waals surface area contributed by atoms with Crippen molar-refractivity contribution in [1.29, 1.82) is 0 Å². The molecule has 0 N–H and O–H groups in total. The van der Waals surface area contributed by atoms with Crippen molar-refractivity contribution in [3.05, 3.63) is 0 Å². The molecule has 4 fully saturated rings. The Bertz CT molecular complexity index is 505. The summed E-state index contributed by atoms with van der Waals surface area (Å²) in [6.07, 6.45) is 7.75. The van der Waals surface area contributed by atoms with Crippen molar-refractivity contribution in [2.75, 3.05) is 0 Å². The first kappa shape index (κ1) is 16.1. The summed E-state index contributed by atoms with van der Waals surface area (Å²) in [5, 5.41) is 0. The molecule has 0 aromatic carbocycles. The maximum Gasteiger partial charge on any atom is 0.130 e. The highest BCUT2D eigenvalue weighted by Gasteiger charge is 2.68. The molecule has 0 bridgehead atoms. The summed E-state index contributed by atoms with van der Waals surface area (Å²) in [4.78, 5) is 11.9. The first-order chi connectivity index (χ1) is 10.6. The summed E-state index contributed by atoms with van der Waals surface area (Å²) >= 11 is 0. The van der Waals surface area contributed by atoms with Crippen LogP contribution in [0.1, 0.15) is 79.6 Å². The molecule has 6 unspecified atom stereocenters. The van der Waals surface area contributed by atoms with E-state index in [1.807, 2.05) is 0 Å². The van der Waals surface area contributed by atoms with Gasteiger partial charge < -0.3 is 14.3 Å². The molecular formula is C20H32O3. The van der Waals surface area contributed by atoms with E-state index < -0.39 is 0 Å². The molecule has 0 aromatic heterocycles. The maximum atomic E-state index is 11.9. The molecule has 2 aliphatic heterocycles. The normalized spacial score (nSPS) is 55.5. The Morgan fingerprint density at radius 3 is 1.70 bits per heavy atom. The lowest BCUT2D eigenvalue weighted by molar-refractivity contribution is -0.119. The minimum absolute atomic E-state index is 0.0636. The lowest BCUT2D eigenvalue weighted by Crippen LogP contribution is -2.39. The van der Waals surface area contributed by atoms with Gasteiger partial charge in [-0.25, -0.2) is 0 Å². The van der Waals surface area contributed by atoms with Crippen LogP contribution in [0.3, 0.4) is 0 Å². The molecule has 0 spiro atoms. The van der Waals surface area contributed by atoms with Gasteiger partial charge in [0.2, 0.25) is 0 Å². The molecule has 2 saturated heterocycles. The number of rotatable bonds is 4. The Hall–Kier alpha value is -0.410. The van der Waals surface area contributed by atoms with Crippen molar-refractivity contribution >= 4 is 5.78 Å². The Kier molecular flexibility index (Phi) is 3.22. The average Bonchev–Trinajstić information content (AvgIpc) is 3.22. The number of carbonyl (C=O) groups excluding carboxylic acids is 1. The van der Waals surface area contributed by atoms with E-state index in [1.165, 1.54) is 12.8 Å². The van der Waals surface area contributed by atoms with Gasteiger partial charge in [-0.3, -0.25) is 0 Å². The van der Waals surface area contributed by atoms with Crippen LogP contribution in [-0.4, -0.2) is 28.2 Å². The van der Waals surface area contributed by atoms with Crippen LogP contribution in [0.15, 0.2) is 0 Å². The fourth-order valence-electron chi connectivity index (χ4n) is 6.00. The summed E-state index contributed by atoms with van der Waals surface area (Å²) < 4.78 is 12.2. The Labute approximate surface area is 140 Å². The molecule has 3 heteroatoms. The molecular weight excluding hydrogens is 288 g/mol. The number of carbonyl (C=O) groups is 1. The Morgan fingerprint density at radius 2 is 1.35 bits per heavy atom. The molecule has 0 aromatic rings. The Balaban J connectivity index is 1.51. The van der Waals surface area contributed by atoms with Gasteiger partial charge in [-0.15, -0.1) is 0 Å². The first-order valence-electron chi connectivity index (χ1n) is 9.50. The van der Waals surface area contributed by atoms with Crippen LogP contribution in [0.4, 0.5) is 0 Å². The number of hydrogen-bond donors (Lipinski definition) is 0. The van der Waals surface area contributed by atoms with Crippen molar-refractivity contribution in [2.24, 2.45) is 17.8 Å². The van der Waals surface area contributed by atoms with Crippen LogP contribution in [0, 0.1) is 17.8 Å². The van der Waals surface area contributed by atoms with Crippen molar-refractivity contribution in [3.8, 4) is 0 Å². The maximum absolute atomic E-state index is 11.9. The summed E-state index contributed by atoms with van der Waals surface area (Å²) in [5.74, 6) is 2.14. The molecule has 2 aliphatic carbocycles. The second kappa shape index (κ2) is 4.60. The number of ether oxygens (including phenoxy) is 2. The predicted molar refractivity (Wildman–Crippen MR) is 89.3 cm³/mol. The van der Waals surface area contributed by atoms with E-state index in [1.54, 1.807) is 6.92 Å². The van der Waals surface area contributed by atoms with Gasteiger partial charge in [0.25, 0.3) is 0 Å². The smallest absolute Gasteiger partial charge is 0.130 e. The molecule has 6 atom stereocenters. The monoisotopic (exact) mass is 320 g/mol. The third kappa shape index (κ3) is 2.33. The van der Waals surface area contributed by atoms with Crippen LogP contribution < -0.4 is 0 Å². The number of fused-ring (bicyclic) bond motifs is 2. The molecule has 0 amide bonds. The van der Waals surface area contributed by atoms with Gasteiger partial charge in [-0.2, -0.15) is 0 Å². The minimum atomic E-state index is 0.0636. The SMILES string of the molecule is CC(=O)CC(C1CCC2(C)OC2(C)C1)C1CCC2(C)OC2(C)C1. The molecule has 4 aliphatic rings. The van der Waals surface area contributed by atoms with Gasteiger partial charge in [0.15, 0.2) is 0 Å². The lowest BCUT2D eigenvalue weighted by Gasteiger charge is -2.40. The summed E-state index contributed by atoms with van der Waals surface area (Å²) in [7, 11) is 0. The third-order valence-corrected chi connectivity index (χ3v) is 8.08. The van der Waals surface area contributed by atoms with Crippen molar-refractivity contribution in [1.82, 2.24) is 0 Å². The zero-order valence-corrected chi connectivity index (χ0v) is 15.4. The highest BCUT2D eigenvalue weighted by atomic mass is 16.6. The molecule has 2 heterocycles. The van der Waals surface area contributed by atoms with E-state index in [9.17, 15) is 4.79 Å². The number of epoxide rings is 2. The van der Waals surface area contributed by atoms with Gasteiger partial charge in [-0.05, 0) is 90.9 Å². The molecule has 4 rings (SSSR count). The number of Topliss-reactive ketones (excluding diaryl/α,β-unsaturated/α-hetero) is 1. The highest BCUT2D eigenvalue weighted by Crippen LogP contribution is 2.63. The molecule has 2 saturated carbocycles. The topological polar surface area (TPSA) is 42.1 Å². The zero-order valence-electron chi connectivity index (χ0n) is 15.4. The second-order valence-corrected chi connectivity index (χ2v) is 9.70. The quantitative estimate of drug-likeness (QED) is 0.726.